The fourth-order valence-electron chi connectivity index (χ4n) is 4.99. The normalized spacial score (nSPS) is 12.9. The third kappa shape index (κ3) is 4.94. The number of benzene rings is 4. The molecule has 0 aromatic heterocycles. The highest BCUT2D eigenvalue weighted by atomic mass is 16.5. The summed E-state index contributed by atoms with van der Waals surface area (Å²) < 4.78 is 29.0. The molecule has 0 saturated carbocycles. The summed E-state index contributed by atoms with van der Waals surface area (Å²) in [7, 11) is 6.56. The molecule has 4 aromatic carbocycles. The monoisotopic (exact) mass is 532 g/mol. The fourth-order valence-corrected chi connectivity index (χ4v) is 4.99. The maximum atomic E-state index is 6.10. The molecule has 1 aliphatic rings. The molecule has 40 heavy (non-hydrogen) atoms. The minimum absolute atomic E-state index is 0.623. The molecule has 0 atom stereocenters. The van der Waals surface area contributed by atoms with E-state index in [2.05, 4.69) is 49.0 Å². The lowest BCUT2D eigenvalue weighted by molar-refractivity contribution is 0.354. The van der Waals surface area contributed by atoms with E-state index in [0.717, 1.165) is 50.1 Å². The van der Waals surface area contributed by atoms with Crippen molar-refractivity contribution in [2.24, 2.45) is 0 Å². The van der Waals surface area contributed by atoms with Gasteiger partial charge >= 0.3 is 0 Å². The van der Waals surface area contributed by atoms with Crippen LogP contribution in [0.4, 0.5) is 0 Å². The molecule has 5 heteroatoms. The van der Waals surface area contributed by atoms with Gasteiger partial charge in [0.1, 0.15) is 5.76 Å². The van der Waals surface area contributed by atoms with E-state index in [4.69, 9.17) is 23.7 Å². The summed E-state index contributed by atoms with van der Waals surface area (Å²) in [6.07, 6.45) is 5.54. The molecule has 5 rings (SSSR count). The fraction of sp³-hybridized carbons (Fsp3) is 0.143. The van der Waals surface area contributed by atoms with E-state index >= 15 is 0 Å². The van der Waals surface area contributed by atoms with Crippen LogP contribution in [0.5, 0.6) is 23.0 Å². The first kappa shape index (κ1) is 26.7. The van der Waals surface area contributed by atoms with Crippen molar-refractivity contribution in [3.05, 3.63) is 108 Å². The molecular formula is C35H32O5. The number of fused-ring (bicyclic) bond motifs is 1. The Morgan fingerprint density at radius 2 is 1.32 bits per heavy atom. The van der Waals surface area contributed by atoms with Gasteiger partial charge in [0.2, 0.25) is 0 Å². The number of hydrogen-bond acceptors (Lipinski definition) is 5. The van der Waals surface area contributed by atoms with Crippen LogP contribution in [-0.4, -0.2) is 28.4 Å². The quantitative estimate of drug-likeness (QED) is 0.227. The minimum atomic E-state index is 0.623. The lowest BCUT2D eigenvalue weighted by atomic mass is 9.92. The van der Waals surface area contributed by atoms with E-state index < -0.39 is 0 Å². The minimum Gasteiger partial charge on any atom is -0.493 e. The standard InChI is InChI=1S/C35H32O5/c1-22(2)28-21-33(37-4)32(36-3)19-26(28)18-31-30-20-29(35(39-6)34(38-5)27(30)16-17-40-31)25-14-12-24(13-15-25)23-10-8-7-9-11-23/h7-21H,1H2,2-6H3/b31-18-. The van der Waals surface area contributed by atoms with Crippen LogP contribution in [0.1, 0.15) is 29.2 Å². The SMILES string of the molecule is C=C(C)c1cc(OC)c(OC)cc1/C=C1\OC=Cc2c1cc(-c1ccc(-c3ccccc3)cc1)c(OC)c2OC. The smallest absolute Gasteiger partial charge is 0.169 e. The van der Waals surface area contributed by atoms with Gasteiger partial charge in [0, 0.05) is 16.7 Å². The first-order chi connectivity index (χ1) is 19.5. The van der Waals surface area contributed by atoms with E-state index in [1.807, 2.05) is 49.4 Å². The average Bonchev–Trinajstić information content (AvgIpc) is 3.00. The van der Waals surface area contributed by atoms with Crippen molar-refractivity contribution in [3.63, 3.8) is 0 Å². The van der Waals surface area contributed by atoms with Gasteiger partial charge in [-0.15, -0.1) is 0 Å². The molecule has 5 nitrogen and oxygen atoms in total. The maximum Gasteiger partial charge on any atom is 0.169 e. The molecule has 0 spiro atoms. The summed E-state index contributed by atoms with van der Waals surface area (Å²) in [5.41, 5.74) is 8.67. The molecule has 0 aliphatic carbocycles. The van der Waals surface area contributed by atoms with Gasteiger partial charge in [-0.2, -0.15) is 0 Å². The van der Waals surface area contributed by atoms with E-state index in [1.54, 1.807) is 34.7 Å². The van der Waals surface area contributed by atoms with Crippen molar-refractivity contribution >= 4 is 23.5 Å². The Labute approximate surface area is 235 Å². The third-order valence-electron chi connectivity index (χ3n) is 6.98. The zero-order valence-corrected chi connectivity index (χ0v) is 23.4. The average molecular weight is 533 g/mol. The van der Waals surface area contributed by atoms with E-state index in [-0.39, 0.29) is 0 Å². The summed E-state index contributed by atoms with van der Waals surface area (Å²) in [6, 6.07) is 24.7. The highest BCUT2D eigenvalue weighted by Gasteiger charge is 2.25. The first-order valence-electron chi connectivity index (χ1n) is 12.9. The number of allylic oxidation sites excluding steroid dienone is 1. The molecule has 202 valence electrons. The first-order valence-corrected chi connectivity index (χ1v) is 12.9. The summed E-state index contributed by atoms with van der Waals surface area (Å²) in [4.78, 5) is 0. The van der Waals surface area contributed by atoms with Gasteiger partial charge in [0.15, 0.2) is 23.0 Å². The van der Waals surface area contributed by atoms with Crippen molar-refractivity contribution in [2.75, 3.05) is 28.4 Å². The summed E-state index contributed by atoms with van der Waals surface area (Å²) in [6.45, 7) is 6.13. The second-order valence-corrected chi connectivity index (χ2v) is 9.40. The summed E-state index contributed by atoms with van der Waals surface area (Å²) >= 11 is 0. The van der Waals surface area contributed by atoms with Crippen LogP contribution < -0.4 is 18.9 Å². The number of methoxy groups -OCH3 is 4. The highest BCUT2D eigenvalue weighted by molar-refractivity contribution is 5.93. The van der Waals surface area contributed by atoms with E-state index in [0.29, 0.717) is 28.8 Å². The Morgan fingerprint density at radius 3 is 1.95 bits per heavy atom. The Bertz CT molecular complexity index is 1610. The molecule has 0 fully saturated rings. The molecule has 4 aromatic rings. The Balaban J connectivity index is 1.68. The van der Waals surface area contributed by atoms with Gasteiger partial charge in [-0.25, -0.2) is 0 Å². The lowest BCUT2D eigenvalue weighted by Gasteiger charge is -2.23. The molecule has 0 saturated heterocycles. The van der Waals surface area contributed by atoms with Gasteiger partial charge in [-0.05, 0) is 65.1 Å². The van der Waals surface area contributed by atoms with Crippen molar-refractivity contribution in [2.45, 2.75) is 6.92 Å². The van der Waals surface area contributed by atoms with Crippen molar-refractivity contribution < 1.29 is 23.7 Å². The maximum absolute atomic E-state index is 6.10. The molecular weight excluding hydrogens is 500 g/mol. The third-order valence-corrected chi connectivity index (χ3v) is 6.98. The Kier molecular flexibility index (Phi) is 7.65. The summed E-state index contributed by atoms with van der Waals surface area (Å²) in [5.74, 6) is 3.22. The number of hydrogen-bond donors (Lipinski definition) is 0. The molecule has 1 heterocycles. The predicted octanol–water partition coefficient (Wildman–Crippen LogP) is 8.59. The lowest BCUT2D eigenvalue weighted by Crippen LogP contribution is -2.04. The van der Waals surface area contributed by atoms with Gasteiger partial charge < -0.3 is 23.7 Å². The van der Waals surface area contributed by atoms with Crippen LogP contribution in [0.2, 0.25) is 0 Å². The molecule has 0 amide bonds. The topological polar surface area (TPSA) is 46.2 Å². The van der Waals surface area contributed by atoms with Crippen LogP contribution in [0.25, 0.3) is 45.7 Å². The highest BCUT2D eigenvalue weighted by Crippen LogP contribution is 2.47. The molecule has 0 N–H and O–H groups in total. The molecule has 0 unspecified atom stereocenters. The number of ether oxygens (including phenoxy) is 5. The van der Waals surface area contributed by atoms with E-state index in [1.165, 1.54) is 0 Å². The van der Waals surface area contributed by atoms with Crippen LogP contribution in [0, 0.1) is 0 Å². The molecule has 0 bridgehead atoms. The molecule has 0 radical (unpaired) electrons. The summed E-state index contributed by atoms with van der Waals surface area (Å²) in [5, 5.41) is 0. The zero-order valence-electron chi connectivity index (χ0n) is 23.4. The van der Waals surface area contributed by atoms with Crippen molar-refractivity contribution in [3.8, 4) is 45.3 Å². The predicted molar refractivity (Wildman–Crippen MR) is 163 cm³/mol. The van der Waals surface area contributed by atoms with Crippen LogP contribution in [0.3, 0.4) is 0 Å². The van der Waals surface area contributed by atoms with Gasteiger partial charge in [-0.3, -0.25) is 0 Å². The second kappa shape index (κ2) is 11.5. The van der Waals surface area contributed by atoms with Crippen LogP contribution in [0.15, 0.2) is 85.6 Å². The van der Waals surface area contributed by atoms with Gasteiger partial charge in [-0.1, -0.05) is 66.7 Å². The number of rotatable bonds is 8. The second-order valence-electron chi connectivity index (χ2n) is 9.40. The van der Waals surface area contributed by atoms with Gasteiger partial charge in [0.05, 0.1) is 34.7 Å². The van der Waals surface area contributed by atoms with Crippen molar-refractivity contribution in [1.29, 1.82) is 0 Å². The van der Waals surface area contributed by atoms with E-state index in [9.17, 15) is 0 Å². The molecule has 1 aliphatic heterocycles. The largest absolute Gasteiger partial charge is 0.493 e. The van der Waals surface area contributed by atoms with Crippen LogP contribution in [-0.2, 0) is 4.74 Å². The zero-order chi connectivity index (χ0) is 28.2. The Hall–Kier alpha value is -4.90. The van der Waals surface area contributed by atoms with Crippen LogP contribution >= 0.6 is 0 Å². The van der Waals surface area contributed by atoms with Crippen molar-refractivity contribution in [1.82, 2.24) is 0 Å². The van der Waals surface area contributed by atoms with Gasteiger partial charge in [0.25, 0.3) is 0 Å². The Morgan fingerprint density at radius 1 is 0.700 bits per heavy atom.